The van der Waals surface area contributed by atoms with Crippen molar-refractivity contribution in [2.75, 3.05) is 19.8 Å². The van der Waals surface area contributed by atoms with Crippen LogP contribution in [0, 0.1) is 5.92 Å². The first kappa shape index (κ1) is 16.5. The molecule has 0 atom stereocenters. The van der Waals surface area contributed by atoms with Gasteiger partial charge in [-0.1, -0.05) is 34.1 Å². The summed E-state index contributed by atoms with van der Waals surface area (Å²) in [5, 5.41) is 9.59. The predicted octanol–water partition coefficient (Wildman–Crippen LogP) is 2.00. The van der Waals surface area contributed by atoms with E-state index in [1.165, 1.54) is 5.56 Å². The molecule has 0 spiro atoms. The molecule has 2 saturated heterocycles. The fraction of sp³-hybridized carbons (Fsp3) is 0.625. The molecule has 2 heterocycles. The topological polar surface area (TPSA) is 47.9 Å². The molecule has 6 heteroatoms. The fourth-order valence-electron chi connectivity index (χ4n) is 2.98. The zero-order chi connectivity index (χ0) is 15.4. The second kappa shape index (κ2) is 7.93. The van der Waals surface area contributed by atoms with Gasteiger partial charge in [-0.2, -0.15) is 0 Å². The van der Waals surface area contributed by atoms with Crippen LogP contribution in [0.1, 0.15) is 30.4 Å². The van der Waals surface area contributed by atoms with Gasteiger partial charge in [-0.05, 0) is 41.8 Å². The van der Waals surface area contributed by atoms with Crippen LogP contribution in [0.5, 0.6) is 0 Å². The predicted molar refractivity (Wildman–Crippen MR) is 89.4 cm³/mol. The van der Waals surface area contributed by atoms with E-state index in [-0.39, 0.29) is 13.7 Å². The fourth-order valence-corrected chi connectivity index (χ4v) is 3.30. The zero-order valence-corrected chi connectivity index (χ0v) is 14.3. The lowest BCUT2D eigenvalue weighted by molar-refractivity contribution is 0.0832. The van der Waals surface area contributed by atoms with Crippen LogP contribution >= 0.6 is 15.9 Å². The van der Waals surface area contributed by atoms with Crippen molar-refractivity contribution in [3.63, 3.8) is 0 Å². The second-order valence-electron chi connectivity index (χ2n) is 6.11. The van der Waals surface area contributed by atoms with Gasteiger partial charge in [-0.15, -0.1) is 0 Å². The molecule has 2 bridgehead atoms. The molecule has 2 aliphatic heterocycles. The van der Waals surface area contributed by atoms with Gasteiger partial charge in [0, 0.05) is 31.3 Å². The van der Waals surface area contributed by atoms with Crippen molar-refractivity contribution in [3.8, 4) is 0 Å². The summed E-state index contributed by atoms with van der Waals surface area (Å²) in [7, 11) is -0.257. The molecule has 0 aromatic heterocycles. The molecule has 1 aromatic rings. The number of aliphatic hydroxyl groups excluding tert-OH is 1. The van der Waals surface area contributed by atoms with Crippen LogP contribution in [0.15, 0.2) is 18.2 Å². The number of rotatable bonds is 7. The van der Waals surface area contributed by atoms with Gasteiger partial charge in [0.25, 0.3) is 0 Å². The summed E-state index contributed by atoms with van der Waals surface area (Å²) in [6.45, 7) is 2.08. The number of halogens is 1. The Kier molecular flexibility index (Phi) is 5.93. The van der Waals surface area contributed by atoms with Crippen LogP contribution in [-0.4, -0.2) is 38.1 Å². The Morgan fingerprint density at radius 2 is 2.09 bits per heavy atom. The van der Waals surface area contributed by atoms with Crippen molar-refractivity contribution < 1.29 is 19.2 Å². The van der Waals surface area contributed by atoms with Crippen molar-refractivity contribution in [2.45, 2.75) is 37.3 Å². The average Bonchev–Trinajstić information content (AvgIpc) is 2.84. The van der Waals surface area contributed by atoms with Crippen LogP contribution in [-0.2, 0) is 26.0 Å². The molecule has 0 unspecified atom stereocenters. The normalized spacial score (nSPS) is 24.0. The number of benzene rings is 1. The Morgan fingerprint density at radius 1 is 1.27 bits per heavy atom. The summed E-state index contributed by atoms with van der Waals surface area (Å²) in [5.41, 5.74) is 3.39. The minimum absolute atomic E-state index is 0.166. The van der Waals surface area contributed by atoms with Gasteiger partial charge < -0.3 is 19.2 Å². The molecule has 0 radical (unpaired) electrons. The molecular weight excluding hydrogens is 347 g/mol. The molecule has 4 rings (SSSR count). The zero-order valence-electron chi connectivity index (χ0n) is 12.7. The van der Waals surface area contributed by atoms with Gasteiger partial charge in [-0.25, -0.2) is 0 Å². The number of fused-ring (bicyclic) bond motifs is 3. The smallest absolute Gasteiger partial charge is 0.407 e. The summed E-state index contributed by atoms with van der Waals surface area (Å²) >= 11 is 3.52. The number of ether oxygens (including phenoxy) is 1. The molecule has 3 fully saturated rings. The number of hydrogen-bond donors (Lipinski definition) is 1. The molecule has 1 N–H and O–H groups in total. The maximum absolute atomic E-state index is 8.80. The third-order valence-corrected chi connectivity index (χ3v) is 4.86. The summed E-state index contributed by atoms with van der Waals surface area (Å²) in [6.07, 6.45) is 3.29. The highest BCUT2D eigenvalue weighted by Gasteiger charge is 2.39. The van der Waals surface area contributed by atoms with Gasteiger partial charge in [0.15, 0.2) is 0 Å². The summed E-state index contributed by atoms with van der Waals surface area (Å²) in [6, 6.07) is 6.38. The molecule has 1 saturated carbocycles. The van der Waals surface area contributed by atoms with Crippen LogP contribution < -0.4 is 5.46 Å². The SMILES string of the molecule is OCCCOCc1cc(CBr)cc(B2OCC3CC(C3)O2)c1. The van der Waals surface area contributed by atoms with Crippen LogP contribution in [0.25, 0.3) is 0 Å². The van der Waals surface area contributed by atoms with Crippen molar-refractivity contribution in [1.29, 1.82) is 0 Å². The first-order valence-electron chi connectivity index (χ1n) is 7.93. The average molecular weight is 369 g/mol. The Labute approximate surface area is 140 Å². The number of alkyl halides is 1. The first-order chi connectivity index (χ1) is 10.8. The van der Waals surface area contributed by atoms with E-state index >= 15 is 0 Å². The molecular formula is C16H22BBrO4. The minimum Gasteiger partial charge on any atom is -0.407 e. The van der Waals surface area contributed by atoms with Gasteiger partial charge in [-0.3, -0.25) is 0 Å². The van der Waals surface area contributed by atoms with Crippen LogP contribution in [0.4, 0.5) is 0 Å². The van der Waals surface area contributed by atoms with Crippen molar-refractivity contribution in [3.05, 3.63) is 29.3 Å². The monoisotopic (exact) mass is 368 g/mol. The largest absolute Gasteiger partial charge is 0.494 e. The third kappa shape index (κ3) is 4.12. The molecule has 0 amide bonds. The second-order valence-corrected chi connectivity index (χ2v) is 6.67. The van der Waals surface area contributed by atoms with Gasteiger partial charge in [0.2, 0.25) is 0 Å². The summed E-state index contributed by atoms with van der Waals surface area (Å²) < 4.78 is 17.6. The lowest BCUT2D eigenvalue weighted by atomic mass is 9.76. The lowest BCUT2D eigenvalue weighted by Gasteiger charge is -2.31. The Balaban J connectivity index is 1.69. The summed E-state index contributed by atoms with van der Waals surface area (Å²) in [5.74, 6) is 0.677. The van der Waals surface area contributed by atoms with Gasteiger partial charge in [0.1, 0.15) is 0 Å². The third-order valence-electron chi connectivity index (χ3n) is 4.21. The van der Waals surface area contributed by atoms with E-state index in [1.807, 2.05) is 0 Å². The van der Waals surface area contributed by atoms with Crippen molar-refractivity contribution in [1.82, 2.24) is 0 Å². The molecule has 120 valence electrons. The van der Waals surface area contributed by atoms with Gasteiger partial charge in [0.05, 0.1) is 6.61 Å². The highest BCUT2D eigenvalue weighted by molar-refractivity contribution is 9.08. The van der Waals surface area contributed by atoms with E-state index in [1.54, 1.807) is 0 Å². The molecule has 4 nitrogen and oxygen atoms in total. The van der Waals surface area contributed by atoms with E-state index in [9.17, 15) is 0 Å². The molecule has 1 aliphatic carbocycles. The van der Waals surface area contributed by atoms with E-state index in [2.05, 4.69) is 34.1 Å². The lowest BCUT2D eigenvalue weighted by Crippen LogP contribution is -2.39. The van der Waals surface area contributed by atoms with Crippen molar-refractivity contribution >= 4 is 28.5 Å². The van der Waals surface area contributed by atoms with E-state index < -0.39 is 0 Å². The maximum atomic E-state index is 8.80. The Morgan fingerprint density at radius 3 is 2.86 bits per heavy atom. The minimum atomic E-state index is -0.257. The van der Waals surface area contributed by atoms with Crippen LogP contribution in [0.3, 0.4) is 0 Å². The molecule has 1 aromatic carbocycles. The van der Waals surface area contributed by atoms with E-state index in [4.69, 9.17) is 19.2 Å². The standard InChI is InChI=1S/C16H22BBrO4/c18-9-12-4-13(10-20-3-1-2-19)6-15(5-12)17-21-11-14-7-16(8-14)22-17/h4-6,14,16,19H,1-3,7-11H2. The van der Waals surface area contributed by atoms with Crippen LogP contribution in [0.2, 0.25) is 0 Å². The highest BCUT2D eigenvalue weighted by Crippen LogP contribution is 2.33. The molecule has 22 heavy (non-hydrogen) atoms. The highest BCUT2D eigenvalue weighted by atomic mass is 79.9. The summed E-state index contributed by atoms with van der Waals surface area (Å²) in [4.78, 5) is 0. The quantitative estimate of drug-likeness (QED) is 0.454. The van der Waals surface area contributed by atoms with E-state index in [0.29, 0.717) is 31.7 Å². The Hall–Kier alpha value is -0.395. The first-order valence-corrected chi connectivity index (χ1v) is 9.05. The van der Waals surface area contributed by atoms with E-state index in [0.717, 1.165) is 35.8 Å². The maximum Gasteiger partial charge on any atom is 0.494 e. The number of hydrogen-bond acceptors (Lipinski definition) is 4. The van der Waals surface area contributed by atoms with Gasteiger partial charge >= 0.3 is 7.12 Å². The Bertz CT molecular complexity index is 493. The molecule has 3 aliphatic rings. The van der Waals surface area contributed by atoms with Crippen molar-refractivity contribution in [2.24, 2.45) is 5.92 Å². The number of aliphatic hydroxyl groups is 1.